The topological polar surface area (TPSA) is 69.3 Å². The second kappa shape index (κ2) is 7.16. The first kappa shape index (κ1) is 18.9. The summed E-state index contributed by atoms with van der Waals surface area (Å²) >= 11 is 0. The number of rotatable bonds is 4. The number of amides is 1. The van der Waals surface area contributed by atoms with Crippen LogP contribution in [0.5, 0.6) is 0 Å². The maximum Gasteiger partial charge on any atom is 0.419 e. The van der Waals surface area contributed by atoms with Crippen LogP contribution in [0.2, 0.25) is 0 Å². The average Bonchev–Trinajstić information content (AvgIpc) is 3.00. The molecule has 2 aromatic rings. The van der Waals surface area contributed by atoms with E-state index in [0.29, 0.717) is 17.9 Å². The molecule has 0 saturated heterocycles. The highest BCUT2D eigenvalue weighted by Crippen LogP contribution is 2.37. The third kappa shape index (κ3) is 4.18. The van der Waals surface area contributed by atoms with Crippen LogP contribution in [0, 0.1) is 0 Å². The Bertz CT molecular complexity index is 1030. The highest BCUT2D eigenvalue weighted by molar-refractivity contribution is 5.99. The van der Waals surface area contributed by atoms with Gasteiger partial charge in [-0.2, -0.15) is 13.2 Å². The van der Waals surface area contributed by atoms with Crippen molar-refractivity contribution in [1.29, 1.82) is 0 Å². The molecule has 0 unspecified atom stereocenters. The van der Waals surface area contributed by atoms with Crippen LogP contribution in [0.15, 0.2) is 54.5 Å². The Morgan fingerprint density at radius 2 is 2.03 bits per heavy atom. The zero-order valence-electron chi connectivity index (χ0n) is 15.5. The Hall–Kier alpha value is -3.49. The Labute approximate surface area is 165 Å². The van der Waals surface area contributed by atoms with Crippen molar-refractivity contribution in [3.8, 4) is 0 Å². The van der Waals surface area contributed by atoms with Gasteiger partial charge < -0.3 is 20.9 Å². The van der Waals surface area contributed by atoms with E-state index in [1.807, 2.05) is 18.1 Å². The Balaban J connectivity index is 1.62. The van der Waals surface area contributed by atoms with Gasteiger partial charge in [0, 0.05) is 36.4 Å². The summed E-state index contributed by atoms with van der Waals surface area (Å²) in [6.07, 6.45) is 1.88. The van der Waals surface area contributed by atoms with Crippen LogP contribution in [0.25, 0.3) is 0 Å². The quantitative estimate of drug-likeness (QED) is 0.720. The van der Waals surface area contributed by atoms with Gasteiger partial charge in [-0.15, -0.1) is 0 Å². The number of anilines is 4. The molecule has 0 fully saturated rings. The lowest BCUT2D eigenvalue weighted by Gasteiger charge is -2.23. The van der Waals surface area contributed by atoms with Gasteiger partial charge in [-0.05, 0) is 42.1 Å². The Morgan fingerprint density at radius 3 is 2.79 bits per heavy atom. The summed E-state index contributed by atoms with van der Waals surface area (Å²) in [4.78, 5) is 17.3. The molecular weight excluding hydrogens is 383 g/mol. The van der Waals surface area contributed by atoms with Crippen molar-refractivity contribution in [2.75, 3.05) is 29.5 Å². The maximum absolute atomic E-state index is 13.4. The molecule has 0 aliphatic carbocycles. The number of nitrogens with zero attached hydrogens (tertiary/aromatic N) is 2. The second-order valence-corrected chi connectivity index (χ2v) is 6.91. The number of halogens is 3. The lowest BCUT2D eigenvalue weighted by atomic mass is 10.1. The molecule has 3 N–H and O–H groups in total. The summed E-state index contributed by atoms with van der Waals surface area (Å²) in [5.41, 5.74) is 1.92. The third-order valence-corrected chi connectivity index (χ3v) is 4.57. The van der Waals surface area contributed by atoms with Crippen molar-refractivity contribution in [3.05, 3.63) is 65.6 Å². The zero-order valence-corrected chi connectivity index (χ0v) is 15.5. The number of likely N-dealkylation sites (N-methyl/N-ethyl adjacent to an activating group) is 1. The van der Waals surface area contributed by atoms with Gasteiger partial charge in [-0.1, -0.05) is 0 Å². The second-order valence-electron chi connectivity index (χ2n) is 6.91. The van der Waals surface area contributed by atoms with Gasteiger partial charge in [-0.3, -0.25) is 4.79 Å². The smallest absolute Gasteiger partial charge is 0.375 e. The predicted molar refractivity (Wildman–Crippen MR) is 105 cm³/mol. The highest BCUT2D eigenvalue weighted by atomic mass is 19.4. The summed E-state index contributed by atoms with van der Waals surface area (Å²) in [7, 11) is 1.84. The summed E-state index contributed by atoms with van der Waals surface area (Å²) in [6, 6.07) is 6.60. The van der Waals surface area contributed by atoms with E-state index in [-0.39, 0.29) is 23.8 Å². The number of carbonyl (C=O) groups excluding carboxylic acids is 1. The summed E-state index contributed by atoms with van der Waals surface area (Å²) in [5.74, 6) is 0.175. The number of pyridine rings is 1. The molecular formula is C20H18F3N5O. The normalized spacial score (nSPS) is 15.7. The van der Waals surface area contributed by atoms with E-state index in [0.717, 1.165) is 17.4 Å². The number of carbonyl (C=O) groups is 1. The largest absolute Gasteiger partial charge is 0.419 e. The average molecular weight is 401 g/mol. The van der Waals surface area contributed by atoms with E-state index in [1.165, 1.54) is 6.07 Å². The Kier molecular flexibility index (Phi) is 4.65. The van der Waals surface area contributed by atoms with Crippen LogP contribution in [0.4, 0.5) is 36.1 Å². The molecule has 2 aliphatic heterocycles. The van der Waals surface area contributed by atoms with E-state index in [9.17, 15) is 18.0 Å². The molecule has 150 valence electrons. The first-order valence-electron chi connectivity index (χ1n) is 8.89. The summed E-state index contributed by atoms with van der Waals surface area (Å²) in [6.45, 7) is 0.463. The predicted octanol–water partition coefficient (Wildman–Crippen LogP) is 4.09. The van der Waals surface area contributed by atoms with Crippen molar-refractivity contribution >= 4 is 28.8 Å². The molecule has 1 aromatic carbocycles. The van der Waals surface area contributed by atoms with Crippen molar-refractivity contribution in [2.24, 2.45) is 0 Å². The number of allylic oxidation sites excluding steroid dienone is 2. The molecule has 1 aromatic heterocycles. The molecule has 1 amide bonds. The van der Waals surface area contributed by atoms with Gasteiger partial charge in [0.05, 0.1) is 24.2 Å². The van der Waals surface area contributed by atoms with Crippen LogP contribution in [-0.4, -0.2) is 29.4 Å². The number of alkyl halides is 3. The lowest BCUT2D eigenvalue weighted by Crippen LogP contribution is -2.22. The fourth-order valence-corrected chi connectivity index (χ4v) is 3.24. The highest BCUT2D eigenvalue weighted by Gasteiger charge is 2.34. The minimum absolute atomic E-state index is 0.0806. The third-order valence-electron chi connectivity index (χ3n) is 4.57. The number of hydrogen-bond acceptors (Lipinski definition) is 5. The minimum Gasteiger partial charge on any atom is -0.375 e. The first-order chi connectivity index (χ1) is 13.8. The number of benzene rings is 1. The van der Waals surface area contributed by atoms with Gasteiger partial charge in [0.1, 0.15) is 5.82 Å². The van der Waals surface area contributed by atoms with Crippen LogP contribution in [0.3, 0.4) is 0 Å². The molecule has 3 heterocycles. The van der Waals surface area contributed by atoms with Crippen LogP contribution < -0.4 is 16.0 Å². The van der Waals surface area contributed by atoms with E-state index < -0.39 is 11.7 Å². The van der Waals surface area contributed by atoms with Gasteiger partial charge in [0.25, 0.3) is 0 Å². The first-order valence-corrected chi connectivity index (χ1v) is 8.89. The van der Waals surface area contributed by atoms with Gasteiger partial charge in [0.15, 0.2) is 0 Å². The molecule has 0 spiro atoms. The van der Waals surface area contributed by atoms with E-state index in [4.69, 9.17) is 0 Å². The van der Waals surface area contributed by atoms with Crippen LogP contribution in [-0.2, 0) is 17.4 Å². The molecule has 2 aliphatic rings. The zero-order chi connectivity index (χ0) is 20.6. The summed E-state index contributed by atoms with van der Waals surface area (Å²) in [5, 5.41) is 8.62. The van der Waals surface area contributed by atoms with Gasteiger partial charge in [-0.25, -0.2) is 4.98 Å². The van der Waals surface area contributed by atoms with Crippen molar-refractivity contribution in [3.63, 3.8) is 0 Å². The molecule has 0 saturated carbocycles. The van der Waals surface area contributed by atoms with Crippen molar-refractivity contribution < 1.29 is 18.0 Å². The fourth-order valence-electron chi connectivity index (χ4n) is 3.24. The SMILES string of the molecule is CN1C=CC=C(Nc2cc(Nc3ccc4c(c3)CC(=O)N4)ncc2C(F)(F)F)C1. The lowest BCUT2D eigenvalue weighted by molar-refractivity contribution is -0.137. The van der Waals surface area contributed by atoms with E-state index in [2.05, 4.69) is 20.9 Å². The fraction of sp³-hybridized carbons (Fsp3) is 0.200. The number of fused-ring (bicyclic) bond motifs is 1. The number of aromatic nitrogens is 1. The molecule has 0 bridgehead atoms. The Morgan fingerprint density at radius 1 is 1.21 bits per heavy atom. The van der Waals surface area contributed by atoms with Gasteiger partial charge in [0.2, 0.25) is 5.91 Å². The van der Waals surface area contributed by atoms with Crippen molar-refractivity contribution in [1.82, 2.24) is 9.88 Å². The van der Waals surface area contributed by atoms with Crippen LogP contribution in [0.1, 0.15) is 11.1 Å². The monoisotopic (exact) mass is 401 g/mol. The standard InChI is InChI=1S/C20H18F3N5O/c1-28-6-2-3-14(11-28)25-17-9-18(24-10-15(17)20(21,22)23)26-13-4-5-16-12(7-13)8-19(29)27-16/h2-7,9-10H,8,11H2,1H3,(H,27,29)(H2,24,25,26). The molecule has 29 heavy (non-hydrogen) atoms. The van der Waals surface area contributed by atoms with E-state index in [1.54, 1.807) is 30.4 Å². The van der Waals surface area contributed by atoms with Gasteiger partial charge >= 0.3 is 6.18 Å². The molecule has 6 nitrogen and oxygen atoms in total. The summed E-state index contributed by atoms with van der Waals surface area (Å²) < 4.78 is 40.3. The molecule has 0 radical (unpaired) electrons. The molecule has 9 heteroatoms. The maximum atomic E-state index is 13.4. The number of nitrogens with one attached hydrogen (secondary N) is 3. The van der Waals surface area contributed by atoms with E-state index >= 15 is 0 Å². The van der Waals surface area contributed by atoms with Crippen LogP contribution >= 0.6 is 0 Å². The van der Waals surface area contributed by atoms with Crippen molar-refractivity contribution in [2.45, 2.75) is 12.6 Å². The minimum atomic E-state index is -4.54. The molecule has 4 rings (SSSR count). The molecule has 0 atom stereocenters. The number of hydrogen-bond donors (Lipinski definition) is 3.